The Morgan fingerprint density at radius 3 is 2.81 bits per heavy atom. The van der Waals surface area contributed by atoms with Crippen LogP contribution in [-0.2, 0) is 9.53 Å². The van der Waals surface area contributed by atoms with E-state index in [2.05, 4.69) is 22.1 Å². The smallest absolute Gasteiger partial charge is 0.407 e. The number of fused-ring (bicyclic) bond motifs is 1. The highest BCUT2D eigenvalue weighted by atomic mass is 16.6. The molecule has 2 heterocycles. The van der Waals surface area contributed by atoms with E-state index in [1.165, 1.54) is 0 Å². The SMILES string of the molecule is Cc1cccc(C#C[C@]2(OC(=O)CN3CCNCC3)CCC[C@@H]3[C@H]2CC(C)N3C(=O)O)c1. The molecule has 0 spiro atoms. The maximum Gasteiger partial charge on any atom is 0.407 e. The molecule has 1 amide bonds. The number of rotatable bonds is 3. The zero-order valence-corrected chi connectivity index (χ0v) is 19.0. The third kappa shape index (κ3) is 4.77. The number of carbonyl (C=O) groups excluding carboxylic acids is 1. The topological polar surface area (TPSA) is 82.1 Å². The number of esters is 1. The van der Waals surface area contributed by atoms with Crippen molar-refractivity contribution in [3.8, 4) is 11.8 Å². The Morgan fingerprint density at radius 1 is 1.31 bits per heavy atom. The van der Waals surface area contributed by atoms with Crippen LogP contribution in [0.15, 0.2) is 24.3 Å². The van der Waals surface area contributed by atoms with Crippen LogP contribution in [0.4, 0.5) is 4.79 Å². The number of nitrogens with zero attached hydrogens (tertiary/aromatic N) is 2. The van der Waals surface area contributed by atoms with Crippen molar-refractivity contribution < 1.29 is 19.4 Å². The molecular weight excluding hydrogens is 406 g/mol. The molecular formula is C25H33N3O4. The van der Waals surface area contributed by atoms with Gasteiger partial charge in [0, 0.05) is 49.7 Å². The highest BCUT2D eigenvalue weighted by Gasteiger charge is 2.55. The number of hydrogen-bond donors (Lipinski definition) is 2. The second-order valence-electron chi connectivity index (χ2n) is 9.35. The fourth-order valence-electron chi connectivity index (χ4n) is 5.59. The van der Waals surface area contributed by atoms with E-state index in [1.807, 2.05) is 38.1 Å². The summed E-state index contributed by atoms with van der Waals surface area (Å²) in [6.07, 6.45) is 1.95. The minimum atomic E-state index is -0.962. The lowest BCUT2D eigenvalue weighted by atomic mass is 9.72. The van der Waals surface area contributed by atoms with Gasteiger partial charge in [0.25, 0.3) is 0 Å². The van der Waals surface area contributed by atoms with Gasteiger partial charge in [-0.3, -0.25) is 9.69 Å². The van der Waals surface area contributed by atoms with Crippen molar-refractivity contribution >= 4 is 12.1 Å². The van der Waals surface area contributed by atoms with Crippen molar-refractivity contribution in [3.05, 3.63) is 35.4 Å². The minimum absolute atomic E-state index is 0.118. The van der Waals surface area contributed by atoms with Gasteiger partial charge in [-0.2, -0.15) is 0 Å². The summed E-state index contributed by atoms with van der Waals surface area (Å²) in [7, 11) is 0. The first-order valence-electron chi connectivity index (χ1n) is 11.6. The summed E-state index contributed by atoms with van der Waals surface area (Å²) >= 11 is 0. The average Bonchev–Trinajstić information content (AvgIpc) is 3.10. The molecule has 2 saturated heterocycles. The number of aryl methyl sites for hydroxylation is 1. The van der Waals surface area contributed by atoms with Gasteiger partial charge in [0.05, 0.1) is 6.54 Å². The zero-order chi connectivity index (χ0) is 22.7. The summed E-state index contributed by atoms with van der Waals surface area (Å²) < 4.78 is 6.23. The van der Waals surface area contributed by atoms with Gasteiger partial charge in [0.2, 0.25) is 0 Å². The molecule has 2 N–H and O–H groups in total. The van der Waals surface area contributed by atoms with Crippen molar-refractivity contribution in [3.63, 3.8) is 0 Å². The van der Waals surface area contributed by atoms with Gasteiger partial charge in [-0.25, -0.2) is 4.79 Å². The largest absolute Gasteiger partial charge is 0.465 e. The summed E-state index contributed by atoms with van der Waals surface area (Å²) in [6, 6.07) is 7.68. The summed E-state index contributed by atoms with van der Waals surface area (Å²) in [5.74, 6) is 6.22. The van der Waals surface area contributed by atoms with Gasteiger partial charge < -0.3 is 20.1 Å². The van der Waals surface area contributed by atoms with Crippen LogP contribution in [0.5, 0.6) is 0 Å². The van der Waals surface area contributed by atoms with E-state index in [0.29, 0.717) is 12.8 Å². The first kappa shape index (κ1) is 22.6. The van der Waals surface area contributed by atoms with Crippen LogP contribution in [0.25, 0.3) is 0 Å². The fourth-order valence-corrected chi connectivity index (χ4v) is 5.59. The number of amides is 1. The molecule has 0 bridgehead atoms. The van der Waals surface area contributed by atoms with Crippen LogP contribution in [0, 0.1) is 24.7 Å². The number of likely N-dealkylation sites (tertiary alicyclic amines) is 1. The predicted molar refractivity (Wildman–Crippen MR) is 121 cm³/mol. The molecule has 3 aliphatic rings. The molecule has 2 aliphatic heterocycles. The third-order valence-electron chi connectivity index (χ3n) is 7.05. The Morgan fingerprint density at radius 2 is 2.09 bits per heavy atom. The monoisotopic (exact) mass is 439 g/mol. The van der Waals surface area contributed by atoms with Crippen molar-refractivity contribution in [1.29, 1.82) is 0 Å². The summed E-state index contributed by atoms with van der Waals surface area (Å²) in [4.78, 5) is 28.7. The normalized spacial score (nSPS) is 30.2. The lowest BCUT2D eigenvalue weighted by Gasteiger charge is -2.42. The molecule has 172 valence electrons. The minimum Gasteiger partial charge on any atom is -0.465 e. The van der Waals surface area contributed by atoms with Crippen LogP contribution in [-0.4, -0.2) is 77.4 Å². The van der Waals surface area contributed by atoms with E-state index in [0.717, 1.165) is 50.1 Å². The summed E-state index contributed by atoms with van der Waals surface area (Å²) in [5.41, 5.74) is 1.04. The van der Waals surface area contributed by atoms with Crippen molar-refractivity contribution in [2.75, 3.05) is 32.7 Å². The number of hydrogen-bond acceptors (Lipinski definition) is 5. The van der Waals surface area contributed by atoms with Crippen molar-refractivity contribution in [1.82, 2.24) is 15.1 Å². The van der Waals surface area contributed by atoms with E-state index in [4.69, 9.17) is 4.74 Å². The number of carboxylic acid groups (broad SMARTS) is 1. The molecule has 1 aromatic carbocycles. The van der Waals surface area contributed by atoms with Gasteiger partial charge in [-0.15, -0.1) is 0 Å². The zero-order valence-electron chi connectivity index (χ0n) is 19.0. The molecule has 7 heteroatoms. The van der Waals surface area contributed by atoms with Crippen molar-refractivity contribution in [2.24, 2.45) is 5.92 Å². The quantitative estimate of drug-likeness (QED) is 0.556. The summed E-state index contributed by atoms with van der Waals surface area (Å²) in [5, 5.41) is 13.1. The van der Waals surface area contributed by atoms with Crippen molar-refractivity contribution in [2.45, 2.75) is 57.2 Å². The maximum absolute atomic E-state index is 13.1. The Hall–Kier alpha value is -2.56. The molecule has 4 atom stereocenters. The third-order valence-corrected chi connectivity index (χ3v) is 7.05. The van der Waals surface area contributed by atoms with Gasteiger partial charge in [-0.1, -0.05) is 18.1 Å². The van der Waals surface area contributed by atoms with Crippen LogP contribution in [0.1, 0.15) is 43.7 Å². The molecule has 1 aromatic rings. The molecule has 1 unspecified atom stereocenters. The molecule has 32 heavy (non-hydrogen) atoms. The first-order chi connectivity index (χ1) is 15.4. The average molecular weight is 440 g/mol. The van der Waals surface area contributed by atoms with Crippen LogP contribution < -0.4 is 5.32 Å². The highest BCUT2D eigenvalue weighted by molar-refractivity contribution is 5.73. The second kappa shape index (κ2) is 9.51. The Labute approximate surface area is 190 Å². The summed E-state index contributed by atoms with van der Waals surface area (Å²) in [6.45, 7) is 7.55. The van der Waals surface area contributed by atoms with Crippen LogP contribution >= 0.6 is 0 Å². The van der Waals surface area contributed by atoms with Gasteiger partial charge in [0.15, 0.2) is 5.60 Å². The van der Waals surface area contributed by atoms with E-state index >= 15 is 0 Å². The van der Waals surface area contributed by atoms with E-state index in [1.54, 1.807) is 4.90 Å². The Balaban J connectivity index is 1.63. The number of piperazine rings is 1. The molecule has 0 radical (unpaired) electrons. The van der Waals surface area contributed by atoms with Crippen LogP contribution in [0.2, 0.25) is 0 Å². The van der Waals surface area contributed by atoms with Gasteiger partial charge >= 0.3 is 12.1 Å². The molecule has 7 nitrogen and oxygen atoms in total. The molecule has 3 fully saturated rings. The lowest BCUT2D eigenvalue weighted by molar-refractivity contribution is -0.164. The number of nitrogens with one attached hydrogen (secondary N) is 1. The number of benzene rings is 1. The molecule has 1 aliphatic carbocycles. The second-order valence-corrected chi connectivity index (χ2v) is 9.35. The first-order valence-corrected chi connectivity index (χ1v) is 11.6. The van der Waals surface area contributed by atoms with Gasteiger partial charge in [0.1, 0.15) is 0 Å². The Bertz CT molecular complexity index is 917. The van der Waals surface area contributed by atoms with E-state index in [9.17, 15) is 14.7 Å². The predicted octanol–water partition coefficient (Wildman–Crippen LogP) is 2.47. The number of ether oxygens (including phenoxy) is 1. The van der Waals surface area contributed by atoms with E-state index < -0.39 is 11.7 Å². The maximum atomic E-state index is 13.1. The molecule has 1 saturated carbocycles. The van der Waals surface area contributed by atoms with E-state index in [-0.39, 0.29) is 30.5 Å². The fraction of sp³-hybridized carbons (Fsp3) is 0.600. The standard InChI is InChI=1S/C25H33N3O4/c1-18-5-3-6-20(15-18)8-10-25(32-23(29)17-27-13-11-26-12-14-27)9-4-7-22-21(25)16-19(2)28(22)24(30)31/h3,5-6,15,19,21-22,26H,4,7,9,11-14,16-17H2,1-2H3,(H,30,31)/t19?,21-,22-,25-/m1/s1. The van der Waals surface area contributed by atoms with Crippen LogP contribution in [0.3, 0.4) is 0 Å². The van der Waals surface area contributed by atoms with Gasteiger partial charge in [-0.05, 0) is 63.1 Å². The Kier molecular flexibility index (Phi) is 6.73. The molecule has 4 rings (SSSR count). The number of carbonyl (C=O) groups is 2. The lowest BCUT2D eigenvalue weighted by Crippen LogP contribution is -2.53. The molecule has 0 aromatic heterocycles. The highest BCUT2D eigenvalue weighted by Crippen LogP contribution is 2.47.